The molecule has 9 heteroatoms. The summed E-state index contributed by atoms with van der Waals surface area (Å²) in [4.78, 5) is 37.9. The van der Waals surface area contributed by atoms with Crippen LogP contribution in [-0.4, -0.2) is 31.7 Å². The van der Waals surface area contributed by atoms with E-state index in [1.54, 1.807) is 35.0 Å². The Kier molecular flexibility index (Phi) is 5.60. The number of thioether (sulfide) groups is 1. The third kappa shape index (κ3) is 3.96. The summed E-state index contributed by atoms with van der Waals surface area (Å²) in [6.07, 6.45) is 3.30. The van der Waals surface area contributed by atoms with E-state index in [2.05, 4.69) is 0 Å². The van der Waals surface area contributed by atoms with Crippen molar-refractivity contribution in [3.8, 4) is 0 Å². The number of carbonyl (C=O) groups excluding carboxylic acids is 2. The molecular weight excluding hydrogens is 447 g/mol. The summed E-state index contributed by atoms with van der Waals surface area (Å²) in [6, 6.07) is 12.3. The number of fused-ring (bicyclic) bond motifs is 1. The first-order valence-corrected chi connectivity index (χ1v) is 10.4. The van der Waals surface area contributed by atoms with Gasteiger partial charge in [0, 0.05) is 22.7 Å². The molecule has 30 heavy (non-hydrogen) atoms. The topological polar surface area (TPSA) is 79.6 Å². The zero-order valence-electron chi connectivity index (χ0n) is 15.3. The van der Waals surface area contributed by atoms with Gasteiger partial charge in [-0.1, -0.05) is 47.5 Å². The molecule has 2 aromatic carbocycles. The number of imide groups is 1. The molecule has 0 spiro atoms. The van der Waals surface area contributed by atoms with Gasteiger partial charge in [0.15, 0.2) is 0 Å². The van der Waals surface area contributed by atoms with Gasteiger partial charge >= 0.3 is 5.97 Å². The minimum Gasteiger partial charge on any atom is -0.480 e. The number of aromatic nitrogens is 1. The van der Waals surface area contributed by atoms with E-state index in [-0.39, 0.29) is 23.2 Å². The smallest absolute Gasteiger partial charge is 0.323 e. The van der Waals surface area contributed by atoms with E-state index in [9.17, 15) is 14.4 Å². The van der Waals surface area contributed by atoms with Crippen molar-refractivity contribution in [1.29, 1.82) is 0 Å². The number of hydrogen-bond acceptors (Lipinski definition) is 4. The second-order valence-corrected chi connectivity index (χ2v) is 8.45. The average Bonchev–Trinajstić information content (AvgIpc) is 3.17. The molecule has 1 fully saturated rings. The van der Waals surface area contributed by atoms with Crippen molar-refractivity contribution in [2.45, 2.75) is 13.1 Å². The van der Waals surface area contributed by atoms with Crippen LogP contribution in [-0.2, 0) is 22.7 Å². The Morgan fingerprint density at radius 2 is 1.87 bits per heavy atom. The fourth-order valence-electron chi connectivity index (χ4n) is 3.26. The first-order valence-electron chi connectivity index (χ1n) is 8.82. The number of carboxylic acid groups (broad SMARTS) is 1. The Morgan fingerprint density at radius 3 is 2.60 bits per heavy atom. The predicted molar refractivity (Wildman–Crippen MR) is 118 cm³/mol. The van der Waals surface area contributed by atoms with Gasteiger partial charge in [-0.3, -0.25) is 19.3 Å². The number of para-hydroxylation sites is 1. The van der Waals surface area contributed by atoms with Gasteiger partial charge in [-0.2, -0.15) is 0 Å². The Hall–Kier alpha value is -2.74. The fraction of sp³-hybridized carbons (Fsp3) is 0.0952. The van der Waals surface area contributed by atoms with Crippen molar-refractivity contribution in [1.82, 2.24) is 9.47 Å². The largest absolute Gasteiger partial charge is 0.480 e. The number of aliphatic carboxylic acids is 1. The Labute approximate surface area is 185 Å². The number of carbonyl (C=O) groups is 3. The van der Waals surface area contributed by atoms with E-state index in [0.717, 1.165) is 27.6 Å². The molecule has 1 N–H and O–H groups in total. The lowest BCUT2D eigenvalue weighted by Gasteiger charge is -2.12. The molecule has 0 bridgehead atoms. The number of amides is 2. The average molecular weight is 461 g/mol. The van der Waals surface area contributed by atoms with Crippen LogP contribution in [0.5, 0.6) is 0 Å². The molecule has 1 aromatic heterocycles. The normalized spacial score (nSPS) is 15.5. The number of hydrogen-bond donors (Lipinski definition) is 1. The number of nitrogens with zero attached hydrogens (tertiary/aromatic N) is 2. The third-order valence-electron chi connectivity index (χ3n) is 4.61. The molecule has 3 aromatic rings. The van der Waals surface area contributed by atoms with E-state index in [1.807, 2.05) is 24.3 Å². The van der Waals surface area contributed by atoms with Gasteiger partial charge < -0.3 is 9.67 Å². The van der Waals surface area contributed by atoms with Crippen LogP contribution in [0.2, 0.25) is 10.0 Å². The maximum Gasteiger partial charge on any atom is 0.323 e. The molecule has 0 unspecified atom stereocenters. The third-order valence-corrected chi connectivity index (χ3v) is 6.26. The lowest BCUT2D eigenvalue weighted by Crippen LogP contribution is -2.27. The lowest BCUT2D eigenvalue weighted by molar-refractivity contribution is -0.137. The van der Waals surface area contributed by atoms with Crippen LogP contribution in [0, 0.1) is 0 Å². The van der Waals surface area contributed by atoms with E-state index in [4.69, 9.17) is 28.3 Å². The summed E-state index contributed by atoms with van der Waals surface area (Å²) in [5, 5.41) is 10.3. The molecule has 1 aliphatic heterocycles. The van der Waals surface area contributed by atoms with Gasteiger partial charge in [-0.25, -0.2) is 0 Å². The van der Waals surface area contributed by atoms with Crippen LogP contribution in [0.3, 0.4) is 0 Å². The second kappa shape index (κ2) is 8.18. The van der Waals surface area contributed by atoms with Crippen molar-refractivity contribution in [3.05, 3.63) is 74.7 Å². The highest BCUT2D eigenvalue weighted by Gasteiger charge is 2.35. The zero-order valence-corrected chi connectivity index (χ0v) is 17.7. The molecule has 152 valence electrons. The molecule has 1 saturated heterocycles. The molecule has 0 aliphatic carbocycles. The number of benzene rings is 2. The Bertz CT molecular complexity index is 1230. The minimum absolute atomic E-state index is 0.0830. The first-order chi connectivity index (χ1) is 14.3. The molecule has 6 nitrogen and oxygen atoms in total. The molecule has 0 radical (unpaired) electrons. The number of carboxylic acids is 1. The van der Waals surface area contributed by atoms with Crippen molar-refractivity contribution < 1.29 is 19.5 Å². The summed E-state index contributed by atoms with van der Waals surface area (Å²) in [5.74, 6) is -1.38. The minimum atomic E-state index is -0.968. The van der Waals surface area contributed by atoms with Gasteiger partial charge in [0.05, 0.1) is 21.5 Å². The van der Waals surface area contributed by atoms with Crippen molar-refractivity contribution >= 4 is 69.1 Å². The quantitative estimate of drug-likeness (QED) is 0.524. The molecule has 0 saturated carbocycles. The van der Waals surface area contributed by atoms with E-state index >= 15 is 0 Å². The van der Waals surface area contributed by atoms with Crippen LogP contribution in [0.1, 0.15) is 11.1 Å². The highest BCUT2D eigenvalue weighted by molar-refractivity contribution is 8.18. The van der Waals surface area contributed by atoms with E-state index in [1.165, 1.54) is 0 Å². The second-order valence-electron chi connectivity index (χ2n) is 6.64. The zero-order chi connectivity index (χ0) is 21.4. The van der Waals surface area contributed by atoms with Crippen LogP contribution < -0.4 is 0 Å². The summed E-state index contributed by atoms with van der Waals surface area (Å²) in [5.41, 5.74) is 2.10. The van der Waals surface area contributed by atoms with Crippen molar-refractivity contribution in [3.63, 3.8) is 0 Å². The van der Waals surface area contributed by atoms with Gasteiger partial charge in [0.2, 0.25) is 0 Å². The fourth-order valence-corrected chi connectivity index (χ4v) is 4.41. The van der Waals surface area contributed by atoms with Crippen molar-refractivity contribution in [2.75, 3.05) is 0 Å². The van der Waals surface area contributed by atoms with Crippen LogP contribution >= 0.6 is 35.0 Å². The van der Waals surface area contributed by atoms with Gasteiger partial charge in [0.1, 0.15) is 6.54 Å². The summed E-state index contributed by atoms with van der Waals surface area (Å²) in [6.45, 7) is -0.118. The van der Waals surface area contributed by atoms with Crippen LogP contribution in [0.25, 0.3) is 17.0 Å². The number of halogens is 2. The highest BCUT2D eigenvalue weighted by Crippen LogP contribution is 2.35. The maximum atomic E-state index is 12.9. The van der Waals surface area contributed by atoms with Gasteiger partial charge in [0.25, 0.3) is 11.1 Å². The van der Waals surface area contributed by atoms with Gasteiger partial charge in [-0.15, -0.1) is 0 Å². The van der Waals surface area contributed by atoms with Gasteiger partial charge in [-0.05, 0) is 41.6 Å². The summed E-state index contributed by atoms with van der Waals surface area (Å²) < 4.78 is 1.60. The Balaban J connectivity index is 1.65. The Morgan fingerprint density at radius 1 is 1.10 bits per heavy atom. The molecule has 2 heterocycles. The molecular formula is C21H14Cl2N2O4S. The van der Waals surface area contributed by atoms with E-state index in [0.29, 0.717) is 21.2 Å². The predicted octanol–water partition coefficient (Wildman–Crippen LogP) is 5.27. The first kappa shape index (κ1) is 20.5. The molecule has 4 rings (SSSR count). The summed E-state index contributed by atoms with van der Waals surface area (Å²) >= 11 is 12.8. The highest BCUT2D eigenvalue weighted by atomic mass is 35.5. The molecule has 1 aliphatic rings. The van der Waals surface area contributed by atoms with Crippen LogP contribution in [0.4, 0.5) is 4.79 Å². The SMILES string of the molecule is O=C(O)Cn1cc(/C=C2\SC(=O)N(Cc3ccc(Cl)c(Cl)c3)C2=O)c2ccccc21. The standard InChI is InChI=1S/C21H14Cl2N2O4S/c22-15-6-5-12(7-16(15)23)9-25-20(28)18(30-21(25)29)8-13-10-24(11-19(26)27)17-4-2-1-3-14(13)17/h1-8,10H,9,11H2,(H,26,27)/b18-8-. The molecule has 2 amide bonds. The number of rotatable bonds is 5. The summed E-state index contributed by atoms with van der Waals surface area (Å²) in [7, 11) is 0. The maximum absolute atomic E-state index is 12.9. The monoisotopic (exact) mass is 460 g/mol. The van der Waals surface area contributed by atoms with E-state index < -0.39 is 11.9 Å². The van der Waals surface area contributed by atoms with Crippen molar-refractivity contribution in [2.24, 2.45) is 0 Å². The molecule has 0 atom stereocenters. The van der Waals surface area contributed by atoms with Crippen LogP contribution in [0.15, 0.2) is 53.6 Å². The lowest BCUT2D eigenvalue weighted by atomic mass is 10.1.